The first-order chi connectivity index (χ1) is 12.7. The van der Waals surface area contributed by atoms with Crippen LogP contribution in [0, 0.1) is 12.7 Å². The first kappa shape index (κ1) is 19.0. The number of pyridine rings is 1. The highest BCUT2D eigenvalue weighted by molar-refractivity contribution is 5.94. The van der Waals surface area contributed by atoms with Gasteiger partial charge in [-0.2, -0.15) is 13.2 Å². The maximum absolute atomic E-state index is 14.0. The van der Waals surface area contributed by atoms with Gasteiger partial charge in [0, 0.05) is 6.20 Å². The Kier molecular flexibility index (Phi) is 4.77. The second-order valence-electron chi connectivity index (χ2n) is 6.42. The highest BCUT2D eigenvalue weighted by Gasteiger charge is 2.43. The van der Waals surface area contributed by atoms with E-state index in [1.54, 1.807) is 17.6 Å². The number of carbonyl (C=O) groups is 1. The molecule has 8 heteroatoms. The SMILES string of the molecule is Cc1c(F)cccc1[C@@]1(C(=O)NO)C=C(c2ccc(C(F)(F)F)nc2)CC1. The zero-order valence-corrected chi connectivity index (χ0v) is 14.3. The summed E-state index contributed by atoms with van der Waals surface area (Å²) in [5.41, 5.74) is 0.990. The lowest BCUT2D eigenvalue weighted by Crippen LogP contribution is -2.41. The van der Waals surface area contributed by atoms with Crippen molar-refractivity contribution in [2.45, 2.75) is 31.4 Å². The van der Waals surface area contributed by atoms with Crippen LogP contribution in [-0.2, 0) is 16.4 Å². The molecule has 3 rings (SSSR count). The topological polar surface area (TPSA) is 62.2 Å². The standard InChI is InChI=1S/C19H16F4N2O2/c1-11-14(3-2-4-15(11)20)18(17(26)25-27)8-7-12(9-18)13-5-6-16(24-10-13)19(21,22)23/h2-6,9-10,27H,7-8H2,1H3,(H,25,26)/t18-/m0/s1. The van der Waals surface area contributed by atoms with Crippen molar-refractivity contribution in [2.75, 3.05) is 0 Å². The molecule has 1 amide bonds. The van der Waals surface area contributed by atoms with Crippen molar-refractivity contribution in [1.29, 1.82) is 0 Å². The highest BCUT2D eigenvalue weighted by Crippen LogP contribution is 2.44. The van der Waals surface area contributed by atoms with Crippen LogP contribution in [-0.4, -0.2) is 16.1 Å². The second kappa shape index (κ2) is 6.77. The molecule has 0 saturated carbocycles. The largest absolute Gasteiger partial charge is 0.433 e. The van der Waals surface area contributed by atoms with Crippen molar-refractivity contribution in [3.8, 4) is 0 Å². The van der Waals surface area contributed by atoms with Gasteiger partial charge >= 0.3 is 6.18 Å². The molecule has 0 saturated heterocycles. The number of alkyl halides is 3. The third-order valence-corrected chi connectivity index (χ3v) is 4.89. The minimum atomic E-state index is -4.54. The van der Waals surface area contributed by atoms with Gasteiger partial charge in [0.1, 0.15) is 11.5 Å². The molecule has 1 atom stereocenters. The number of nitrogens with zero attached hydrogens (tertiary/aromatic N) is 1. The molecule has 0 bridgehead atoms. The molecule has 27 heavy (non-hydrogen) atoms. The minimum Gasteiger partial charge on any atom is -0.289 e. The molecule has 1 aromatic carbocycles. The summed E-state index contributed by atoms with van der Waals surface area (Å²) in [7, 11) is 0. The summed E-state index contributed by atoms with van der Waals surface area (Å²) in [5.74, 6) is -1.22. The molecule has 0 unspecified atom stereocenters. The number of halogens is 4. The molecule has 0 fully saturated rings. The van der Waals surface area contributed by atoms with Gasteiger partial charge in [-0.1, -0.05) is 24.3 Å². The zero-order valence-electron chi connectivity index (χ0n) is 14.3. The summed E-state index contributed by atoms with van der Waals surface area (Å²) in [4.78, 5) is 15.9. The van der Waals surface area contributed by atoms with Crippen LogP contribution in [0.3, 0.4) is 0 Å². The van der Waals surface area contributed by atoms with Crippen molar-refractivity contribution in [2.24, 2.45) is 0 Å². The normalized spacial score (nSPS) is 19.7. The summed E-state index contributed by atoms with van der Waals surface area (Å²) in [6, 6.07) is 6.49. The molecule has 2 aromatic rings. The van der Waals surface area contributed by atoms with Gasteiger partial charge < -0.3 is 0 Å². The van der Waals surface area contributed by atoms with Gasteiger partial charge in [0.2, 0.25) is 0 Å². The van der Waals surface area contributed by atoms with Crippen molar-refractivity contribution >= 4 is 11.5 Å². The van der Waals surface area contributed by atoms with Gasteiger partial charge in [-0.3, -0.25) is 15.0 Å². The van der Waals surface area contributed by atoms with Gasteiger partial charge in [-0.05, 0) is 54.2 Å². The third-order valence-electron chi connectivity index (χ3n) is 4.89. The van der Waals surface area contributed by atoms with Crippen LogP contribution in [0.25, 0.3) is 5.57 Å². The van der Waals surface area contributed by atoms with Crippen molar-refractivity contribution in [3.63, 3.8) is 0 Å². The maximum atomic E-state index is 14.0. The number of hydrogen-bond acceptors (Lipinski definition) is 3. The molecule has 1 heterocycles. The van der Waals surface area contributed by atoms with E-state index in [1.807, 2.05) is 0 Å². The molecule has 0 spiro atoms. The predicted molar refractivity (Wildman–Crippen MR) is 89.2 cm³/mol. The van der Waals surface area contributed by atoms with Gasteiger partial charge in [0.15, 0.2) is 0 Å². The van der Waals surface area contributed by atoms with E-state index in [0.29, 0.717) is 23.1 Å². The van der Waals surface area contributed by atoms with Crippen molar-refractivity contribution in [3.05, 3.63) is 70.8 Å². The molecule has 2 N–H and O–H groups in total. The summed E-state index contributed by atoms with van der Waals surface area (Å²) >= 11 is 0. The molecule has 142 valence electrons. The summed E-state index contributed by atoms with van der Waals surface area (Å²) < 4.78 is 52.1. The van der Waals surface area contributed by atoms with E-state index in [1.165, 1.54) is 25.1 Å². The average molecular weight is 380 g/mol. The van der Waals surface area contributed by atoms with Crippen LogP contribution in [0.2, 0.25) is 0 Å². The lowest BCUT2D eigenvalue weighted by atomic mass is 9.77. The Morgan fingerprint density at radius 1 is 1.26 bits per heavy atom. The Balaban J connectivity index is 2.07. The number of rotatable bonds is 3. The monoisotopic (exact) mass is 380 g/mol. The Labute approximate surface area is 152 Å². The van der Waals surface area contributed by atoms with Crippen LogP contribution < -0.4 is 5.48 Å². The fourth-order valence-corrected chi connectivity index (χ4v) is 3.46. The van der Waals surface area contributed by atoms with Crippen LogP contribution in [0.4, 0.5) is 17.6 Å². The van der Waals surface area contributed by atoms with E-state index in [0.717, 1.165) is 12.3 Å². The fourth-order valence-electron chi connectivity index (χ4n) is 3.46. The molecule has 1 aliphatic rings. The Morgan fingerprint density at radius 2 is 2.00 bits per heavy atom. The number of benzene rings is 1. The first-order valence-electron chi connectivity index (χ1n) is 8.14. The molecule has 4 nitrogen and oxygen atoms in total. The molecule has 1 aliphatic carbocycles. The smallest absolute Gasteiger partial charge is 0.289 e. The molecule has 0 aliphatic heterocycles. The van der Waals surface area contributed by atoms with Crippen LogP contribution in [0.5, 0.6) is 0 Å². The lowest BCUT2D eigenvalue weighted by Gasteiger charge is -2.27. The van der Waals surface area contributed by atoms with Crippen LogP contribution in [0.15, 0.2) is 42.6 Å². The summed E-state index contributed by atoms with van der Waals surface area (Å²) in [6.45, 7) is 1.53. The molecular weight excluding hydrogens is 364 g/mol. The predicted octanol–water partition coefficient (Wildman–Crippen LogP) is 4.17. The first-order valence-corrected chi connectivity index (χ1v) is 8.14. The number of nitrogens with one attached hydrogen (secondary N) is 1. The third kappa shape index (κ3) is 3.32. The number of amides is 1. The molecular formula is C19H16F4N2O2. The van der Waals surface area contributed by atoms with Gasteiger partial charge in [0.05, 0.1) is 5.41 Å². The van der Waals surface area contributed by atoms with Crippen LogP contribution >= 0.6 is 0 Å². The number of hydroxylamine groups is 1. The van der Waals surface area contributed by atoms with E-state index in [2.05, 4.69) is 4.98 Å². The van der Waals surface area contributed by atoms with Gasteiger partial charge in [-0.15, -0.1) is 0 Å². The summed E-state index contributed by atoms with van der Waals surface area (Å²) in [5, 5.41) is 9.20. The summed E-state index contributed by atoms with van der Waals surface area (Å²) in [6.07, 6.45) is -1.29. The Hall–Kier alpha value is -2.74. The minimum absolute atomic E-state index is 0.236. The highest BCUT2D eigenvalue weighted by atomic mass is 19.4. The number of carbonyl (C=O) groups excluding carboxylic acids is 1. The quantitative estimate of drug-likeness (QED) is 0.477. The van der Waals surface area contributed by atoms with E-state index in [9.17, 15) is 27.6 Å². The fraction of sp³-hybridized carbons (Fsp3) is 0.263. The Bertz CT molecular complexity index is 907. The second-order valence-corrected chi connectivity index (χ2v) is 6.42. The lowest BCUT2D eigenvalue weighted by molar-refractivity contribution is -0.141. The number of hydrogen-bond donors (Lipinski definition) is 2. The van der Waals surface area contributed by atoms with Crippen LogP contribution in [0.1, 0.15) is 35.2 Å². The van der Waals surface area contributed by atoms with E-state index < -0.39 is 29.0 Å². The number of aromatic nitrogens is 1. The van der Waals surface area contributed by atoms with E-state index in [4.69, 9.17) is 0 Å². The van der Waals surface area contributed by atoms with Crippen molar-refractivity contribution < 1.29 is 27.6 Å². The number of allylic oxidation sites excluding steroid dienone is 1. The maximum Gasteiger partial charge on any atom is 0.433 e. The zero-order chi connectivity index (χ0) is 19.8. The van der Waals surface area contributed by atoms with E-state index in [-0.39, 0.29) is 12.0 Å². The molecule has 0 radical (unpaired) electrons. The van der Waals surface area contributed by atoms with Gasteiger partial charge in [0.25, 0.3) is 5.91 Å². The average Bonchev–Trinajstić information content (AvgIpc) is 3.09. The van der Waals surface area contributed by atoms with E-state index >= 15 is 0 Å². The Morgan fingerprint density at radius 3 is 2.59 bits per heavy atom. The van der Waals surface area contributed by atoms with Crippen molar-refractivity contribution in [1.82, 2.24) is 10.5 Å². The molecule has 1 aromatic heterocycles. The van der Waals surface area contributed by atoms with Gasteiger partial charge in [-0.25, -0.2) is 9.87 Å².